The highest BCUT2D eigenvalue weighted by Gasteiger charge is 2.12. The minimum Gasteiger partial charge on any atom is -0.395 e. The van der Waals surface area contributed by atoms with Crippen LogP contribution in [0.3, 0.4) is 0 Å². The van der Waals surface area contributed by atoms with Crippen molar-refractivity contribution in [1.82, 2.24) is 29.2 Å². The van der Waals surface area contributed by atoms with E-state index < -0.39 is 0 Å². The highest BCUT2D eigenvalue weighted by Crippen LogP contribution is 2.22. The molecule has 2 N–H and O–H groups in total. The summed E-state index contributed by atoms with van der Waals surface area (Å²) in [6, 6.07) is 2.06. The van der Waals surface area contributed by atoms with E-state index in [1.165, 1.54) is 0 Å². The number of nitrogens with zero attached hydrogens (tertiary/aromatic N) is 6. The molecule has 0 fully saturated rings. The SMILES string of the molecule is Cc1cc2c(C)nc(C)c(C)n2n1.Cc1nn2c(C)c(C)nc(C)c2c1N. The summed E-state index contributed by atoms with van der Waals surface area (Å²) in [6.45, 7) is 15.9. The molecule has 142 valence electrons. The minimum absolute atomic E-state index is 0.734. The maximum atomic E-state index is 5.93. The Morgan fingerprint density at radius 3 is 1.85 bits per heavy atom. The van der Waals surface area contributed by atoms with Crippen molar-refractivity contribution in [2.24, 2.45) is 0 Å². The van der Waals surface area contributed by atoms with Crippen molar-refractivity contribution in [1.29, 1.82) is 0 Å². The van der Waals surface area contributed by atoms with Gasteiger partial charge in [-0.05, 0) is 61.5 Å². The van der Waals surface area contributed by atoms with Crippen molar-refractivity contribution in [3.8, 4) is 0 Å². The number of nitrogen functional groups attached to an aromatic ring is 1. The number of fused-ring (bicyclic) bond motifs is 2. The average molecular weight is 365 g/mol. The van der Waals surface area contributed by atoms with Gasteiger partial charge in [0.15, 0.2) is 0 Å². The van der Waals surface area contributed by atoms with Gasteiger partial charge in [0.25, 0.3) is 0 Å². The molecule has 0 unspecified atom stereocenters. The molecule has 0 aliphatic carbocycles. The summed E-state index contributed by atoms with van der Waals surface area (Å²) in [7, 11) is 0. The third kappa shape index (κ3) is 3.13. The first-order valence-electron chi connectivity index (χ1n) is 9.00. The summed E-state index contributed by atoms with van der Waals surface area (Å²) in [4.78, 5) is 8.89. The number of aromatic nitrogens is 6. The maximum Gasteiger partial charge on any atom is 0.111 e. The number of rotatable bonds is 0. The van der Waals surface area contributed by atoms with Crippen LogP contribution in [-0.2, 0) is 0 Å². The molecule has 0 atom stereocenters. The van der Waals surface area contributed by atoms with Gasteiger partial charge in [0.1, 0.15) is 5.52 Å². The summed E-state index contributed by atoms with van der Waals surface area (Å²) in [5.41, 5.74) is 16.8. The molecule has 7 heteroatoms. The highest BCUT2D eigenvalue weighted by molar-refractivity contribution is 5.74. The van der Waals surface area contributed by atoms with Crippen molar-refractivity contribution in [3.05, 3.63) is 51.6 Å². The fourth-order valence-electron chi connectivity index (χ4n) is 3.22. The van der Waals surface area contributed by atoms with Crippen molar-refractivity contribution < 1.29 is 0 Å². The fourth-order valence-corrected chi connectivity index (χ4v) is 3.22. The van der Waals surface area contributed by atoms with Crippen LogP contribution in [0.2, 0.25) is 0 Å². The lowest BCUT2D eigenvalue weighted by atomic mass is 10.2. The Kier molecular flexibility index (Phi) is 4.63. The number of hydrogen-bond donors (Lipinski definition) is 1. The van der Waals surface area contributed by atoms with E-state index in [4.69, 9.17) is 5.73 Å². The summed E-state index contributed by atoms with van der Waals surface area (Å²) in [5, 5.41) is 8.80. The van der Waals surface area contributed by atoms with E-state index in [1.54, 1.807) is 0 Å². The molecule has 4 heterocycles. The van der Waals surface area contributed by atoms with Crippen LogP contribution in [0.4, 0.5) is 5.69 Å². The molecule has 4 aromatic heterocycles. The smallest absolute Gasteiger partial charge is 0.111 e. The normalized spacial score (nSPS) is 11.1. The molecule has 0 radical (unpaired) electrons. The van der Waals surface area contributed by atoms with Crippen LogP contribution in [0, 0.1) is 55.4 Å². The molecule has 0 aliphatic rings. The summed E-state index contributed by atoms with van der Waals surface area (Å²) in [5.74, 6) is 0. The second-order valence-electron chi connectivity index (χ2n) is 7.08. The van der Waals surface area contributed by atoms with Crippen LogP contribution in [0.5, 0.6) is 0 Å². The first-order chi connectivity index (χ1) is 12.6. The third-order valence-electron chi connectivity index (χ3n) is 5.01. The molecule has 0 amide bonds. The minimum atomic E-state index is 0.734. The van der Waals surface area contributed by atoms with E-state index in [0.29, 0.717) is 0 Å². The molecule has 0 spiro atoms. The number of aryl methyl sites for hydroxylation is 8. The Hall–Kier alpha value is -2.96. The molecule has 4 rings (SSSR count). The van der Waals surface area contributed by atoms with Crippen LogP contribution in [0.1, 0.15) is 45.6 Å². The predicted molar refractivity (Wildman–Crippen MR) is 108 cm³/mol. The predicted octanol–water partition coefficient (Wildman–Crippen LogP) is 3.51. The Morgan fingerprint density at radius 1 is 0.667 bits per heavy atom. The quantitative estimate of drug-likeness (QED) is 0.515. The molecule has 0 saturated heterocycles. The van der Waals surface area contributed by atoms with Crippen LogP contribution >= 0.6 is 0 Å². The molecular weight excluding hydrogens is 338 g/mol. The largest absolute Gasteiger partial charge is 0.395 e. The first kappa shape index (κ1) is 18.8. The summed E-state index contributed by atoms with van der Waals surface area (Å²) < 4.78 is 3.84. The average Bonchev–Trinajstić information content (AvgIpc) is 3.13. The molecule has 0 saturated carbocycles. The van der Waals surface area contributed by atoms with Gasteiger partial charge in [0.05, 0.1) is 56.8 Å². The molecule has 0 aromatic carbocycles. The molecule has 0 aliphatic heterocycles. The second kappa shape index (κ2) is 6.64. The van der Waals surface area contributed by atoms with E-state index in [9.17, 15) is 0 Å². The maximum absolute atomic E-state index is 5.93. The summed E-state index contributed by atoms with van der Waals surface area (Å²) in [6.07, 6.45) is 0. The lowest BCUT2D eigenvalue weighted by Gasteiger charge is -2.05. The molecule has 0 bridgehead atoms. The van der Waals surface area contributed by atoms with Gasteiger partial charge in [-0.2, -0.15) is 10.2 Å². The van der Waals surface area contributed by atoms with Gasteiger partial charge in [-0.25, -0.2) is 9.03 Å². The van der Waals surface area contributed by atoms with Crippen molar-refractivity contribution >= 4 is 16.7 Å². The zero-order chi connectivity index (χ0) is 20.0. The van der Waals surface area contributed by atoms with Crippen LogP contribution in [0.25, 0.3) is 11.0 Å². The topological polar surface area (TPSA) is 86.4 Å². The van der Waals surface area contributed by atoms with Gasteiger partial charge in [-0.15, -0.1) is 0 Å². The zero-order valence-corrected chi connectivity index (χ0v) is 17.3. The highest BCUT2D eigenvalue weighted by atomic mass is 15.3. The molecule has 27 heavy (non-hydrogen) atoms. The van der Waals surface area contributed by atoms with Crippen LogP contribution in [0.15, 0.2) is 6.07 Å². The van der Waals surface area contributed by atoms with E-state index in [-0.39, 0.29) is 0 Å². The number of anilines is 1. The van der Waals surface area contributed by atoms with Gasteiger partial charge < -0.3 is 5.73 Å². The monoisotopic (exact) mass is 365 g/mol. The Morgan fingerprint density at radius 2 is 1.22 bits per heavy atom. The van der Waals surface area contributed by atoms with E-state index >= 15 is 0 Å². The molecule has 7 nitrogen and oxygen atoms in total. The van der Waals surface area contributed by atoms with Gasteiger partial charge in [-0.3, -0.25) is 9.97 Å². The molecular formula is C20H27N7. The van der Waals surface area contributed by atoms with Crippen molar-refractivity contribution in [3.63, 3.8) is 0 Å². The Labute approximate surface area is 159 Å². The van der Waals surface area contributed by atoms with Crippen molar-refractivity contribution in [2.45, 2.75) is 55.4 Å². The number of hydrogen-bond acceptors (Lipinski definition) is 5. The zero-order valence-electron chi connectivity index (χ0n) is 17.3. The lowest BCUT2D eigenvalue weighted by molar-refractivity contribution is 0.853. The van der Waals surface area contributed by atoms with E-state index in [1.807, 2.05) is 64.4 Å². The van der Waals surface area contributed by atoms with Gasteiger partial charge >= 0.3 is 0 Å². The van der Waals surface area contributed by atoms with E-state index in [2.05, 4.69) is 26.2 Å². The Balaban J connectivity index is 0.000000156. The standard InChI is InChI=1S/C10H14N4.C10H13N3/c1-5-8(4)14-10(7(3)12-5)9(11)6(2)13-14;1-6-5-10-8(3)11-7(2)9(4)13(10)12-6/h11H2,1-4H3;5H,1-4H3. The molecule has 4 aromatic rings. The Bertz CT molecular complexity index is 1160. The van der Waals surface area contributed by atoms with Crippen molar-refractivity contribution in [2.75, 3.05) is 5.73 Å². The summed E-state index contributed by atoms with van der Waals surface area (Å²) >= 11 is 0. The van der Waals surface area contributed by atoms with Gasteiger partial charge in [-0.1, -0.05) is 0 Å². The van der Waals surface area contributed by atoms with Crippen LogP contribution < -0.4 is 5.73 Å². The van der Waals surface area contributed by atoms with Crippen LogP contribution in [-0.4, -0.2) is 29.2 Å². The van der Waals surface area contributed by atoms with Gasteiger partial charge in [0.2, 0.25) is 0 Å². The fraction of sp³-hybridized carbons (Fsp3) is 0.400. The first-order valence-corrected chi connectivity index (χ1v) is 9.00. The third-order valence-corrected chi connectivity index (χ3v) is 5.01. The van der Waals surface area contributed by atoms with Gasteiger partial charge in [0, 0.05) is 0 Å². The second-order valence-corrected chi connectivity index (χ2v) is 7.08. The van der Waals surface area contributed by atoms with E-state index in [0.717, 1.165) is 62.3 Å². The lowest BCUT2D eigenvalue weighted by Crippen LogP contribution is -2.02. The number of nitrogens with two attached hydrogens (primary N) is 1.